The van der Waals surface area contributed by atoms with Crippen LogP contribution in [-0.4, -0.2) is 18.6 Å². The number of aromatic nitrogens is 1. The minimum absolute atomic E-state index is 0.762. The smallest absolute Gasteiger partial charge is 0.123 e. The summed E-state index contributed by atoms with van der Waals surface area (Å²) in [6.07, 6.45) is 6.60. The standard InChI is InChI=1S/C15H21N3O/c1-3-7-16-10-13-11-17-8-6-15(13)18(2)12-14-5-4-9-19-14/h4-6,8-9,11,16H,3,7,10,12H2,1-2H3. The van der Waals surface area contributed by atoms with Crippen molar-refractivity contribution in [2.24, 2.45) is 0 Å². The van der Waals surface area contributed by atoms with Crippen LogP contribution < -0.4 is 10.2 Å². The lowest BCUT2D eigenvalue weighted by Gasteiger charge is -2.21. The summed E-state index contributed by atoms with van der Waals surface area (Å²) in [4.78, 5) is 6.40. The molecule has 2 rings (SSSR count). The molecule has 0 saturated carbocycles. The minimum Gasteiger partial charge on any atom is -0.467 e. The van der Waals surface area contributed by atoms with Gasteiger partial charge in [-0.3, -0.25) is 4.98 Å². The average Bonchev–Trinajstić information content (AvgIpc) is 2.92. The molecule has 4 nitrogen and oxygen atoms in total. The van der Waals surface area contributed by atoms with E-state index in [1.54, 1.807) is 6.26 Å². The third kappa shape index (κ3) is 3.83. The minimum atomic E-state index is 0.762. The summed E-state index contributed by atoms with van der Waals surface area (Å²) in [5, 5.41) is 3.42. The molecule has 2 aromatic rings. The maximum absolute atomic E-state index is 5.39. The molecular formula is C15H21N3O. The molecule has 0 aliphatic carbocycles. The Labute approximate surface area is 114 Å². The highest BCUT2D eigenvalue weighted by Crippen LogP contribution is 2.20. The summed E-state index contributed by atoms with van der Waals surface area (Å²) in [5.41, 5.74) is 2.40. The molecule has 0 amide bonds. The van der Waals surface area contributed by atoms with Gasteiger partial charge in [0.05, 0.1) is 12.8 Å². The van der Waals surface area contributed by atoms with Crippen molar-refractivity contribution >= 4 is 5.69 Å². The summed E-state index contributed by atoms with van der Waals surface area (Å²) in [6, 6.07) is 5.96. The first kappa shape index (κ1) is 13.6. The van der Waals surface area contributed by atoms with Gasteiger partial charge in [-0.05, 0) is 31.2 Å². The Kier molecular flexibility index (Phi) is 4.98. The zero-order chi connectivity index (χ0) is 13.5. The molecular weight excluding hydrogens is 238 g/mol. The highest BCUT2D eigenvalue weighted by molar-refractivity contribution is 5.51. The van der Waals surface area contributed by atoms with E-state index in [0.29, 0.717) is 0 Å². The Bertz CT molecular complexity index is 482. The second-order valence-electron chi connectivity index (χ2n) is 4.62. The van der Waals surface area contributed by atoms with Gasteiger partial charge in [-0.25, -0.2) is 0 Å². The number of nitrogens with one attached hydrogen (secondary N) is 1. The van der Waals surface area contributed by atoms with Gasteiger partial charge in [0, 0.05) is 37.2 Å². The molecule has 0 saturated heterocycles. The van der Waals surface area contributed by atoms with Gasteiger partial charge in [0.15, 0.2) is 0 Å². The Morgan fingerprint density at radius 1 is 1.37 bits per heavy atom. The van der Waals surface area contributed by atoms with Crippen molar-refractivity contribution in [1.82, 2.24) is 10.3 Å². The molecule has 0 atom stereocenters. The Morgan fingerprint density at radius 2 is 2.26 bits per heavy atom. The van der Waals surface area contributed by atoms with E-state index in [4.69, 9.17) is 4.42 Å². The van der Waals surface area contributed by atoms with Crippen LogP contribution in [0.5, 0.6) is 0 Å². The lowest BCUT2D eigenvalue weighted by molar-refractivity contribution is 0.507. The van der Waals surface area contributed by atoms with E-state index in [0.717, 1.165) is 31.8 Å². The molecule has 102 valence electrons. The predicted octanol–water partition coefficient (Wildman–Crippen LogP) is 2.81. The number of anilines is 1. The Hall–Kier alpha value is -1.81. The van der Waals surface area contributed by atoms with Crippen molar-refractivity contribution in [3.63, 3.8) is 0 Å². The van der Waals surface area contributed by atoms with Crippen molar-refractivity contribution < 1.29 is 4.42 Å². The van der Waals surface area contributed by atoms with Crippen LogP contribution in [0.1, 0.15) is 24.7 Å². The summed E-state index contributed by atoms with van der Waals surface area (Å²) in [6.45, 7) is 4.80. The van der Waals surface area contributed by atoms with E-state index < -0.39 is 0 Å². The third-order valence-corrected chi connectivity index (χ3v) is 3.00. The van der Waals surface area contributed by atoms with Gasteiger partial charge in [0.2, 0.25) is 0 Å². The largest absolute Gasteiger partial charge is 0.467 e. The Balaban J connectivity index is 2.05. The monoisotopic (exact) mass is 259 g/mol. The second kappa shape index (κ2) is 6.95. The molecule has 0 spiro atoms. The van der Waals surface area contributed by atoms with Crippen molar-refractivity contribution in [2.45, 2.75) is 26.4 Å². The van der Waals surface area contributed by atoms with Gasteiger partial charge in [-0.15, -0.1) is 0 Å². The number of pyridine rings is 1. The van der Waals surface area contributed by atoms with Crippen molar-refractivity contribution in [2.75, 3.05) is 18.5 Å². The van der Waals surface area contributed by atoms with Crippen LogP contribution in [0.3, 0.4) is 0 Å². The van der Waals surface area contributed by atoms with Gasteiger partial charge in [-0.1, -0.05) is 6.92 Å². The van der Waals surface area contributed by atoms with Crippen molar-refractivity contribution in [1.29, 1.82) is 0 Å². The molecule has 2 heterocycles. The third-order valence-electron chi connectivity index (χ3n) is 3.00. The van der Waals surface area contributed by atoms with Crippen LogP contribution in [0.15, 0.2) is 41.3 Å². The summed E-state index contributed by atoms with van der Waals surface area (Å²) in [5.74, 6) is 0.965. The lowest BCUT2D eigenvalue weighted by Crippen LogP contribution is -2.21. The summed E-state index contributed by atoms with van der Waals surface area (Å²) < 4.78 is 5.39. The first-order chi connectivity index (χ1) is 9.31. The lowest BCUT2D eigenvalue weighted by atomic mass is 10.2. The highest BCUT2D eigenvalue weighted by atomic mass is 16.3. The number of hydrogen-bond acceptors (Lipinski definition) is 4. The van der Waals surface area contributed by atoms with Crippen molar-refractivity contribution in [3.05, 3.63) is 48.2 Å². The van der Waals surface area contributed by atoms with Crippen LogP contribution in [0.4, 0.5) is 5.69 Å². The zero-order valence-electron chi connectivity index (χ0n) is 11.6. The maximum Gasteiger partial charge on any atom is 0.123 e. The predicted molar refractivity (Wildman–Crippen MR) is 77.0 cm³/mol. The van der Waals surface area contributed by atoms with E-state index in [1.807, 2.05) is 30.6 Å². The van der Waals surface area contributed by atoms with Crippen LogP contribution in [0.25, 0.3) is 0 Å². The molecule has 0 aliphatic heterocycles. The fourth-order valence-corrected chi connectivity index (χ4v) is 2.05. The van der Waals surface area contributed by atoms with Crippen LogP contribution >= 0.6 is 0 Å². The molecule has 0 aromatic carbocycles. The number of hydrogen-bond donors (Lipinski definition) is 1. The summed E-state index contributed by atoms with van der Waals surface area (Å²) >= 11 is 0. The summed E-state index contributed by atoms with van der Waals surface area (Å²) in [7, 11) is 2.07. The Morgan fingerprint density at radius 3 is 3.00 bits per heavy atom. The fraction of sp³-hybridized carbons (Fsp3) is 0.400. The van der Waals surface area contributed by atoms with Gasteiger partial charge < -0.3 is 14.6 Å². The van der Waals surface area contributed by atoms with E-state index in [-0.39, 0.29) is 0 Å². The SMILES string of the molecule is CCCNCc1cnccc1N(C)Cc1ccco1. The van der Waals surface area contributed by atoms with E-state index >= 15 is 0 Å². The number of rotatable bonds is 7. The molecule has 0 radical (unpaired) electrons. The van der Waals surface area contributed by atoms with Gasteiger partial charge in [0.25, 0.3) is 0 Å². The van der Waals surface area contributed by atoms with Crippen LogP contribution in [0, 0.1) is 0 Å². The van der Waals surface area contributed by atoms with Crippen LogP contribution in [0.2, 0.25) is 0 Å². The topological polar surface area (TPSA) is 41.3 Å². The first-order valence-electron chi connectivity index (χ1n) is 6.68. The second-order valence-corrected chi connectivity index (χ2v) is 4.62. The molecule has 4 heteroatoms. The normalized spacial score (nSPS) is 10.6. The van der Waals surface area contributed by atoms with Gasteiger partial charge >= 0.3 is 0 Å². The fourth-order valence-electron chi connectivity index (χ4n) is 2.05. The molecule has 19 heavy (non-hydrogen) atoms. The molecule has 0 aliphatic rings. The van der Waals surface area contributed by atoms with E-state index in [2.05, 4.69) is 29.2 Å². The van der Waals surface area contributed by atoms with Crippen LogP contribution in [-0.2, 0) is 13.1 Å². The van der Waals surface area contributed by atoms with E-state index in [1.165, 1.54) is 11.3 Å². The molecule has 2 aromatic heterocycles. The highest BCUT2D eigenvalue weighted by Gasteiger charge is 2.08. The maximum atomic E-state index is 5.39. The average molecular weight is 259 g/mol. The zero-order valence-corrected chi connectivity index (χ0v) is 11.6. The van der Waals surface area contributed by atoms with E-state index in [9.17, 15) is 0 Å². The number of nitrogens with zero attached hydrogens (tertiary/aromatic N) is 2. The van der Waals surface area contributed by atoms with Gasteiger partial charge in [-0.2, -0.15) is 0 Å². The first-order valence-corrected chi connectivity index (χ1v) is 6.68. The quantitative estimate of drug-likeness (QED) is 0.776. The molecule has 0 fully saturated rings. The van der Waals surface area contributed by atoms with Gasteiger partial charge in [0.1, 0.15) is 5.76 Å². The van der Waals surface area contributed by atoms with Crippen molar-refractivity contribution in [3.8, 4) is 0 Å². The molecule has 1 N–H and O–H groups in total. The molecule has 0 unspecified atom stereocenters. The molecule has 0 bridgehead atoms. The number of furan rings is 1.